The fraction of sp³-hybridized carbons (Fsp3) is 0.875. The third kappa shape index (κ3) is 10.6. The van der Waals surface area contributed by atoms with Crippen LogP contribution in [0.25, 0.3) is 0 Å². The van der Waals surface area contributed by atoms with E-state index >= 15 is 0 Å². The summed E-state index contributed by atoms with van der Waals surface area (Å²) in [4.78, 5) is 10.4. The lowest BCUT2D eigenvalue weighted by atomic mass is 10.1. The minimum Gasteiger partial charge on any atom is -0.412 e. The van der Waals surface area contributed by atoms with Gasteiger partial charge in [0.1, 0.15) is 5.78 Å². The molecule has 0 bridgehead atoms. The molecule has 0 heterocycles. The zero-order valence-corrected chi connectivity index (χ0v) is 7.11. The second kappa shape index (κ2) is 6.75. The van der Waals surface area contributed by atoms with Crippen molar-refractivity contribution in [2.45, 2.75) is 40.0 Å². The molecule has 0 fully saturated rings. The second-order valence-corrected chi connectivity index (χ2v) is 2.99. The van der Waals surface area contributed by atoms with Crippen molar-refractivity contribution in [1.82, 2.24) is 0 Å². The van der Waals surface area contributed by atoms with Crippen LogP contribution < -0.4 is 0 Å². The molecular formula is C8H18O2. The van der Waals surface area contributed by atoms with Gasteiger partial charge in [-0.15, -0.1) is 0 Å². The summed E-state index contributed by atoms with van der Waals surface area (Å²) in [6, 6.07) is 0. The van der Waals surface area contributed by atoms with Crippen molar-refractivity contribution >= 4 is 5.78 Å². The summed E-state index contributed by atoms with van der Waals surface area (Å²) in [6.07, 6.45) is 3.00. The number of Topliss-reactive ketones (excluding diaryl/α,β-unsaturated/α-hetero) is 1. The number of rotatable bonds is 4. The fourth-order valence-electron chi connectivity index (χ4n) is 0.759. The molecule has 0 radical (unpaired) electrons. The maximum Gasteiger partial charge on any atom is 0.129 e. The molecule has 62 valence electrons. The zero-order valence-electron chi connectivity index (χ0n) is 7.11. The normalized spacial score (nSPS) is 9.20. The van der Waals surface area contributed by atoms with E-state index in [0.29, 0.717) is 5.78 Å². The highest BCUT2D eigenvalue weighted by Crippen LogP contribution is 2.05. The Kier molecular flexibility index (Phi) is 8.31. The monoisotopic (exact) mass is 146 g/mol. The van der Waals surface area contributed by atoms with Gasteiger partial charge in [0, 0.05) is 6.42 Å². The summed E-state index contributed by atoms with van der Waals surface area (Å²) in [5, 5.41) is 0. The van der Waals surface area contributed by atoms with Crippen LogP contribution in [0, 0.1) is 5.92 Å². The van der Waals surface area contributed by atoms with Crippen LogP contribution in [-0.2, 0) is 4.79 Å². The van der Waals surface area contributed by atoms with E-state index < -0.39 is 0 Å². The van der Waals surface area contributed by atoms with E-state index in [-0.39, 0.29) is 5.48 Å². The molecule has 10 heavy (non-hydrogen) atoms. The van der Waals surface area contributed by atoms with Crippen molar-refractivity contribution in [3.8, 4) is 0 Å². The Labute approximate surface area is 62.9 Å². The topological polar surface area (TPSA) is 48.6 Å². The summed E-state index contributed by atoms with van der Waals surface area (Å²) >= 11 is 0. The highest BCUT2D eigenvalue weighted by molar-refractivity contribution is 5.75. The fourth-order valence-corrected chi connectivity index (χ4v) is 0.759. The Bertz CT molecular complexity index is 87.3. The Hall–Kier alpha value is -0.370. The van der Waals surface area contributed by atoms with E-state index in [1.165, 1.54) is 6.42 Å². The average molecular weight is 146 g/mol. The maximum absolute atomic E-state index is 10.4. The molecule has 0 atom stereocenters. The van der Waals surface area contributed by atoms with Crippen LogP contribution >= 0.6 is 0 Å². The molecule has 0 spiro atoms. The van der Waals surface area contributed by atoms with Crippen molar-refractivity contribution in [3.05, 3.63) is 0 Å². The first-order valence-corrected chi connectivity index (χ1v) is 3.62. The summed E-state index contributed by atoms with van der Waals surface area (Å²) in [6.45, 7) is 6.01. The lowest BCUT2D eigenvalue weighted by molar-refractivity contribution is -0.117. The van der Waals surface area contributed by atoms with Gasteiger partial charge in [0.2, 0.25) is 0 Å². The molecule has 2 nitrogen and oxygen atoms in total. The smallest absolute Gasteiger partial charge is 0.129 e. The zero-order chi connectivity index (χ0) is 7.28. The Morgan fingerprint density at radius 1 is 1.40 bits per heavy atom. The predicted octanol–water partition coefficient (Wildman–Crippen LogP) is 1.58. The molecule has 0 unspecified atom stereocenters. The Morgan fingerprint density at radius 2 is 1.90 bits per heavy atom. The first-order valence-electron chi connectivity index (χ1n) is 3.62. The first kappa shape index (κ1) is 12.3. The van der Waals surface area contributed by atoms with Gasteiger partial charge in [0.05, 0.1) is 0 Å². The lowest BCUT2D eigenvalue weighted by Crippen LogP contribution is -1.92. The van der Waals surface area contributed by atoms with Crippen molar-refractivity contribution < 1.29 is 10.3 Å². The van der Waals surface area contributed by atoms with Crippen molar-refractivity contribution in [3.63, 3.8) is 0 Å². The molecule has 0 rings (SSSR count). The SMILES string of the molecule is CC(=O)CCCC(C)C.O. The van der Waals surface area contributed by atoms with E-state index in [9.17, 15) is 4.79 Å². The van der Waals surface area contributed by atoms with Gasteiger partial charge in [-0.2, -0.15) is 0 Å². The van der Waals surface area contributed by atoms with Crippen LogP contribution in [0.5, 0.6) is 0 Å². The van der Waals surface area contributed by atoms with Gasteiger partial charge in [-0.05, 0) is 19.3 Å². The molecule has 0 saturated carbocycles. The minimum atomic E-state index is 0. The predicted molar refractivity (Wildman–Crippen MR) is 43.0 cm³/mol. The third-order valence-corrected chi connectivity index (χ3v) is 1.31. The molecule has 0 aliphatic heterocycles. The molecular weight excluding hydrogens is 128 g/mol. The summed E-state index contributed by atoms with van der Waals surface area (Å²) < 4.78 is 0. The van der Waals surface area contributed by atoms with Crippen LogP contribution in [0.3, 0.4) is 0 Å². The van der Waals surface area contributed by atoms with Gasteiger partial charge >= 0.3 is 0 Å². The van der Waals surface area contributed by atoms with E-state index in [4.69, 9.17) is 0 Å². The van der Waals surface area contributed by atoms with Gasteiger partial charge in [-0.1, -0.05) is 20.3 Å². The molecule has 0 amide bonds. The lowest BCUT2D eigenvalue weighted by Gasteiger charge is -2.00. The van der Waals surface area contributed by atoms with E-state index in [2.05, 4.69) is 13.8 Å². The average Bonchev–Trinajstić information content (AvgIpc) is 1.63. The molecule has 0 saturated heterocycles. The molecule has 0 aliphatic rings. The molecule has 2 N–H and O–H groups in total. The third-order valence-electron chi connectivity index (χ3n) is 1.31. The van der Waals surface area contributed by atoms with Crippen molar-refractivity contribution in [2.24, 2.45) is 5.92 Å². The van der Waals surface area contributed by atoms with Gasteiger partial charge in [0.15, 0.2) is 0 Å². The number of carbonyl (C=O) groups is 1. The molecule has 0 aromatic heterocycles. The van der Waals surface area contributed by atoms with Crippen LogP contribution in [-0.4, -0.2) is 11.3 Å². The number of ketones is 1. The minimum absolute atomic E-state index is 0. The van der Waals surface area contributed by atoms with E-state index in [0.717, 1.165) is 18.8 Å². The Morgan fingerprint density at radius 3 is 2.20 bits per heavy atom. The van der Waals surface area contributed by atoms with Gasteiger partial charge < -0.3 is 10.3 Å². The number of hydrogen-bond acceptors (Lipinski definition) is 1. The molecule has 0 aromatic carbocycles. The van der Waals surface area contributed by atoms with Crippen molar-refractivity contribution in [2.75, 3.05) is 0 Å². The van der Waals surface area contributed by atoms with Crippen LogP contribution in [0.15, 0.2) is 0 Å². The summed E-state index contributed by atoms with van der Waals surface area (Å²) in [7, 11) is 0. The molecule has 0 aromatic rings. The highest BCUT2D eigenvalue weighted by atomic mass is 16.1. The second-order valence-electron chi connectivity index (χ2n) is 2.99. The number of carbonyl (C=O) groups excluding carboxylic acids is 1. The Balaban J connectivity index is 0. The highest BCUT2D eigenvalue weighted by Gasteiger charge is 1.95. The van der Waals surface area contributed by atoms with Gasteiger partial charge in [-0.3, -0.25) is 0 Å². The van der Waals surface area contributed by atoms with Crippen LogP contribution in [0.1, 0.15) is 40.0 Å². The first-order chi connectivity index (χ1) is 4.13. The standard InChI is InChI=1S/C8H16O.H2O/c1-7(2)5-4-6-8(3)9;/h7H,4-6H2,1-3H3;1H2. The molecule has 2 heteroatoms. The largest absolute Gasteiger partial charge is 0.412 e. The number of hydrogen-bond donors (Lipinski definition) is 0. The summed E-state index contributed by atoms with van der Waals surface area (Å²) in [5.41, 5.74) is 0. The van der Waals surface area contributed by atoms with E-state index in [1.807, 2.05) is 0 Å². The quantitative estimate of drug-likeness (QED) is 0.594. The van der Waals surface area contributed by atoms with E-state index in [1.54, 1.807) is 6.92 Å². The van der Waals surface area contributed by atoms with Crippen LogP contribution in [0.4, 0.5) is 0 Å². The maximum atomic E-state index is 10.4. The summed E-state index contributed by atoms with van der Waals surface area (Å²) in [5.74, 6) is 1.06. The van der Waals surface area contributed by atoms with Gasteiger partial charge in [-0.25, -0.2) is 0 Å². The van der Waals surface area contributed by atoms with Crippen LogP contribution in [0.2, 0.25) is 0 Å². The molecule has 0 aliphatic carbocycles. The van der Waals surface area contributed by atoms with Crippen molar-refractivity contribution in [1.29, 1.82) is 0 Å². The van der Waals surface area contributed by atoms with Gasteiger partial charge in [0.25, 0.3) is 0 Å².